The van der Waals surface area contributed by atoms with Crippen LogP contribution < -0.4 is 5.69 Å². The van der Waals surface area contributed by atoms with Crippen LogP contribution in [-0.2, 0) is 18.7 Å². The summed E-state index contributed by atoms with van der Waals surface area (Å²) < 4.78 is 8.34. The molecule has 0 fully saturated rings. The van der Waals surface area contributed by atoms with Crippen LogP contribution in [0.25, 0.3) is 11.5 Å². The van der Waals surface area contributed by atoms with E-state index < -0.39 is 0 Å². The Bertz CT molecular complexity index is 1110. The van der Waals surface area contributed by atoms with Crippen molar-refractivity contribution in [2.45, 2.75) is 23.9 Å². The number of aromatic amines is 1. The Balaban J connectivity index is 1.41. The van der Waals surface area contributed by atoms with Gasteiger partial charge in [0.1, 0.15) is 0 Å². The van der Waals surface area contributed by atoms with Gasteiger partial charge < -0.3 is 4.42 Å². The van der Waals surface area contributed by atoms with Crippen LogP contribution in [0, 0.1) is 0 Å². The van der Waals surface area contributed by atoms with Crippen LogP contribution in [-0.4, -0.2) is 25.0 Å². The van der Waals surface area contributed by atoms with Gasteiger partial charge in [0.25, 0.3) is 0 Å². The van der Waals surface area contributed by atoms with E-state index in [0.717, 1.165) is 16.5 Å². The Hall–Kier alpha value is -2.65. The highest BCUT2D eigenvalue weighted by molar-refractivity contribution is 9.10. The van der Waals surface area contributed by atoms with E-state index in [1.54, 1.807) is 4.57 Å². The molecule has 142 valence electrons. The standard InChI is InChI=1S/C19H16BrN5O2S/c20-15-8-6-14(7-9-15)17-22-21-16(27-17)12-28-19-24-23-18(26)25(19)11-10-13-4-2-1-3-5-13/h1-9H,10-12H2,(H,23,26). The lowest BCUT2D eigenvalue weighted by molar-refractivity contribution is 0.527. The number of rotatable bonds is 7. The maximum atomic E-state index is 12.1. The molecule has 4 rings (SSSR count). The summed E-state index contributed by atoms with van der Waals surface area (Å²) in [6.45, 7) is 0.551. The van der Waals surface area contributed by atoms with Crippen LogP contribution in [0.5, 0.6) is 0 Å². The molecule has 2 aromatic heterocycles. The van der Waals surface area contributed by atoms with Gasteiger partial charge in [-0.15, -0.1) is 15.3 Å². The Morgan fingerprint density at radius 1 is 1.07 bits per heavy atom. The first kappa shape index (κ1) is 18.7. The second kappa shape index (κ2) is 8.57. The normalized spacial score (nSPS) is 11.0. The van der Waals surface area contributed by atoms with Gasteiger partial charge in [-0.1, -0.05) is 58.0 Å². The molecule has 0 spiro atoms. The van der Waals surface area contributed by atoms with E-state index in [4.69, 9.17) is 4.42 Å². The number of hydrogen-bond donors (Lipinski definition) is 1. The monoisotopic (exact) mass is 457 g/mol. The molecule has 0 radical (unpaired) electrons. The molecule has 0 unspecified atom stereocenters. The first-order valence-electron chi connectivity index (χ1n) is 8.59. The van der Waals surface area contributed by atoms with E-state index in [2.05, 4.69) is 36.3 Å². The third kappa shape index (κ3) is 4.42. The predicted octanol–water partition coefficient (Wildman–Crippen LogP) is 3.92. The summed E-state index contributed by atoms with van der Waals surface area (Å²) in [6.07, 6.45) is 0.752. The summed E-state index contributed by atoms with van der Waals surface area (Å²) in [7, 11) is 0. The van der Waals surface area contributed by atoms with Gasteiger partial charge in [0, 0.05) is 16.6 Å². The van der Waals surface area contributed by atoms with Gasteiger partial charge >= 0.3 is 5.69 Å². The average molecular weight is 458 g/mol. The summed E-state index contributed by atoms with van der Waals surface area (Å²) in [5.41, 5.74) is 1.80. The Kier molecular flexibility index (Phi) is 5.73. The minimum Gasteiger partial charge on any atom is -0.420 e. The molecule has 2 aromatic carbocycles. The average Bonchev–Trinajstić information content (AvgIpc) is 3.33. The highest BCUT2D eigenvalue weighted by Crippen LogP contribution is 2.24. The molecule has 4 aromatic rings. The van der Waals surface area contributed by atoms with Crippen molar-refractivity contribution in [3.8, 4) is 11.5 Å². The van der Waals surface area contributed by atoms with E-state index in [0.29, 0.717) is 29.2 Å². The first-order chi connectivity index (χ1) is 13.7. The fourth-order valence-electron chi connectivity index (χ4n) is 2.64. The molecule has 0 aliphatic rings. The molecule has 0 amide bonds. The second-order valence-electron chi connectivity index (χ2n) is 6.00. The Morgan fingerprint density at radius 2 is 1.86 bits per heavy atom. The molecule has 0 saturated carbocycles. The number of H-pyrrole nitrogens is 1. The zero-order chi connectivity index (χ0) is 19.3. The summed E-state index contributed by atoms with van der Waals surface area (Å²) >= 11 is 4.79. The highest BCUT2D eigenvalue weighted by atomic mass is 79.9. The van der Waals surface area contributed by atoms with Gasteiger partial charge in [-0.2, -0.15) is 0 Å². The lowest BCUT2D eigenvalue weighted by Crippen LogP contribution is -2.18. The molecule has 0 atom stereocenters. The van der Waals surface area contributed by atoms with E-state index >= 15 is 0 Å². The zero-order valence-electron chi connectivity index (χ0n) is 14.7. The molecule has 28 heavy (non-hydrogen) atoms. The molecular formula is C19H16BrN5O2S. The largest absolute Gasteiger partial charge is 0.420 e. The summed E-state index contributed by atoms with van der Waals surface area (Å²) in [5.74, 6) is 1.37. The van der Waals surface area contributed by atoms with Crippen LogP contribution in [0.4, 0.5) is 0 Å². The number of benzene rings is 2. The number of aromatic nitrogens is 5. The Labute approximate surface area is 173 Å². The number of aryl methyl sites for hydroxylation is 1. The first-order valence-corrected chi connectivity index (χ1v) is 10.4. The van der Waals surface area contributed by atoms with Crippen molar-refractivity contribution in [1.29, 1.82) is 0 Å². The third-order valence-corrected chi connectivity index (χ3v) is 5.56. The molecule has 2 heterocycles. The second-order valence-corrected chi connectivity index (χ2v) is 7.85. The van der Waals surface area contributed by atoms with Crippen LogP contribution in [0.3, 0.4) is 0 Å². The number of thioether (sulfide) groups is 1. The molecule has 1 N–H and O–H groups in total. The molecule has 0 bridgehead atoms. The lowest BCUT2D eigenvalue weighted by atomic mass is 10.1. The van der Waals surface area contributed by atoms with Crippen LogP contribution in [0.2, 0.25) is 0 Å². The summed E-state index contributed by atoms with van der Waals surface area (Å²) in [5, 5.41) is 15.4. The van der Waals surface area contributed by atoms with E-state index in [9.17, 15) is 4.79 Å². The molecule has 0 saturated heterocycles. The van der Waals surface area contributed by atoms with Crippen LogP contribution >= 0.6 is 27.7 Å². The number of halogens is 1. The van der Waals surface area contributed by atoms with Gasteiger partial charge in [0.05, 0.1) is 5.75 Å². The highest BCUT2D eigenvalue weighted by Gasteiger charge is 2.13. The van der Waals surface area contributed by atoms with Gasteiger partial charge in [0.2, 0.25) is 11.8 Å². The molecule has 0 aliphatic heterocycles. The van der Waals surface area contributed by atoms with Gasteiger partial charge in [0.15, 0.2) is 5.16 Å². The number of hydrogen-bond acceptors (Lipinski definition) is 6. The van der Waals surface area contributed by atoms with Gasteiger partial charge in [-0.3, -0.25) is 4.57 Å². The third-order valence-electron chi connectivity index (χ3n) is 4.07. The van der Waals surface area contributed by atoms with E-state index in [-0.39, 0.29) is 5.69 Å². The van der Waals surface area contributed by atoms with Gasteiger partial charge in [-0.05, 0) is 36.2 Å². The van der Waals surface area contributed by atoms with Crippen molar-refractivity contribution < 1.29 is 4.42 Å². The number of nitrogens with one attached hydrogen (secondary N) is 1. The Morgan fingerprint density at radius 3 is 2.64 bits per heavy atom. The fraction of sp³-hybridized carbons (Fsp3) is 0.158. The molecule has 0 aliphatic carbocycles. The molecular weight excluding hydrogens is 442 g/mol. The predicted molar refractivity (Wildman–Crippen MR) is 110 cm³/mol. The van der Waals surface area contributed by atoms with Gasteiger partial charge in [-0.25, -0.2) is 9.89 Å². The minimum atomic E-state index is -0.223. The van der Waals surface area contributed by atoms with Crippen molar-refractivity contribution in [2.75, 3.05) is 0 Å². The van der Waals surface area contributed by atoms with Crippen molar-refractivity contribution in [2.24, 2.45) is 0 Å². The quantitative estimate of drug-likeness (QED) is 0.423. The zero-order valence-corrected chi connectivity index (χ0v) is 17.1. The SMILES string of the molecule is O=c1[nH]nc(SCc2nnc(-c3ccc(Br)cc3)o2)n1CCc1ccccc1. The van der Waals surface area contributed by atoms with Crippen LogP contribution in [0.15, 0.2) is 73.4 Å². The maximum absolute atomic E-state index is 12.1. The molecule has 7 nitrogen and oxygen atoms in total. The van der Waals surface area contributed by atoms with E-state index in [1.165, 1.54) is 17.3 Å². The van der Waals surface area contributed by atoms with E-state index in [1.807, 2.05) is 54.6 Å². The van der Waals surface area contributed by atoms with Crippen LogP contribution in [0.1, 0.15) is 11.5 Å². The van der Waals surface area contributed by atoms with Crippen molar-refractivity contribution in [3.05, 3.63) is 81.0 Å². The topological polar surface area (TPSA) is 89.6 Å². The lowest BCUT2D eigenvalue weighted by Gasteiger charge is -2.04. The van der Waals surface area contributed by atoms with Crippen molar-refractivity contribution in [3.63, 3.8) is 0 Å². The number of nitrogens with zero attached hydrogens (tertiary/aromatic N) is 4. The molecule has 9 heteroatoms. The summed E-state index contributed by atoms with van der Waals surface area (Å²) in [6, 6.07) is 17.7. The fourth-order valence-corrected chi connectivity index (χ4v) is 3.72. The van der Waals surface area contributed by atoms with Crippen molar-refractivity contribution >= 4 is 27.7 Å². The summed E-state index contributed by atoms with van der Waals surface area (Å²) in [4.78, 5) is 12.1. The smallest absolute Gasteiger partial charge is 0.343 e. The minimum absolute atomic E-state index is 0.223. The van der Waals surface area contributed by atoms with Crippen molar-refractivity contribution in [1.82, 2.24) is 25.0 Å². The maximum Gasteiger partial charge on any atom is 0.343 e.